The van der Waals surface area contributed by atoms with E-state index >= 15 is 0 Å². The Morgan fingerprint density at radius 3 is 1.92 bits per heavy atom. The van der Waals surface area contributed by atoms with Crippen molar-refractivity contribution in [3.05, 3.63) is 125 Å². The second kappa shape index (κ2) is 11.3. The third-order valence-corrected chi connectivity index (χ3v) is 6.62. The second-order valence-electron chi connectivity index (χ2n) is 8.98. The van der Waals surface area contributed by atoms with Crippen LogP contribution in [0.15, 0.2) is 109 Å². The van der Waals surface area contributed by atoms with Crippen molar-refractivity contribution in [2.45, 2.75) is 13.5 Å². The first kappa shape index (κ1) is 25.9. The van der Waals surface area contributed by atoms with Gasteiger partial charge < -0.3 is 9.47 Å². The molecule has 194 valence electrons. The molecule has 0 unspecified atom stereocenters. The number of amides is 2. The topological polar surface area (TPSA) is 59.1 Å². The maximum atomic E-state index is 13.7. The highest BCUT2D eigenvalue weighted by molar-refractivity contribution is 7.81. The summed E-state index contributed by atoms with van der Waals surface area (Å²) in [5, 5.41) is 0.0945. The van der Waals surface area contributed by atoms with Gasteiger partial charge in [-0.15, -0.1) is 0 Å². The molecule has 2 amide bonds. The third-order valence-electron chi connectivity index (χ3n) is 6.25. The number of carbonyl (C=O) groups is 2. The van der Waals surface area contributed by atoms with Crippen LogP contribution in [-0.4, -0.2) is 24.0 Å². The lowest BCUT2D eigenvalue weighted by Crippen LogP contribution is -2.56. The largest absolute Gasteiger partial charge is 0.493 e. The lowest BCUT2D eigenvalue weighted by Gasteiger charge is -2.36. The highest BCUT2D eigenvalue weighted by Gasteiger charge is 2.41. The zero-order chi connectivity index (χ0) is 27.4. The van der Waals surface area contributed by atoms with Crippen LogP contribution in [0.1, 0.15) is 16.7 Å². The summed E-state index contributed by atoms with van der Waals surface area (Å²) >= 11 is 5.66. The van der Waals surface area contributed by atoms with Gasteiger partial charge in [-0.2, -0.15) is 0 Å². The molecule has 1 fully saturated rings. The number of aryl methyl sites for hydroxylation is 1. The third kappa shape index (κ3) is 5.44. The van der Waals surface area contributed by atoms with Gasteiger partial charge in [0.25, 0.3) is 11.8 Å². The van der Waals surface area contributed by atoms with E-state index < -0.39 is 11.8 Å². The van der Waals surface area contributed by atoms with Crippen LogP contribution < -0.4 is 19.3 Å². The number of methoxy groups -OCH3 is 1. The Morgan fingerprint density at radius 1 is 0.744 bits per heavy atom. The smallest absolute Gasteiger partial charge is 0.270 e. The van der Waals surface area contributed by atoms with E-state index in [2.05, 4.69) is 6.07 Å². The Hall–Kier alpha value is -4.75. The first-order valence-electron chi connectivity index (χ1n) is 12.4. The molecular weight excluding hydrogens is 508 g/mol. The van der Waals surface area contributed by atoms with Gasteiger partial charge in [-0.05, 0) is 72.7 Å². The predicted molar refractivity (Wildman–Crippen MR) is 157 cm³/mol. The van der Waals surface area contributed by atoms with Crippen LogP contribution in [0.25, 0.3) is 6.08 Å². The monoisotopic (exact) mass is 534 g/mol. The summed E-state index contributed by atoms with van der Waals surface area (Å²) < 4.78 is 11.6. The standard InChI is InChI=1S/C32H26N2O4S/c1-22-10-9-11-24(18-22)21-38-28-17-16-23(20-29(28)37-2)19-27-30(35)33(25-12-5-3-6-13-25)32(39)34(31(27)36)26-14-7-4-8-15-26/h3-20H,21H2,1-2H3. The SMILES string of the molecule is COc1cc(C=C2C(=O)N(c3ccccc3)C(=S)N(c3ccccc3)C2=O)ccc1OCc1cccc(C)c1. The summed E-state index contributed by atoms with van der Waals surface area (Å²) in [6.45, 7) is 2.41. The van der Waals surface area contributed by atoms with Crippen molar-refractivity contribution in [3.63, 3.8) is 0 Å². The van der Waals surface area contributed by atoms with Gasteiger partial charge in [0, 0.05) is 0 Å². The Labute approximate surface area is 232 Å². The molecular formula is C32H26N2O4S. The van der Waals surface area contributed by atoms with Gasteiger partial charge in [0.05, 0.1) is 18.5 Å². The highest BCUT2D eigenvalue weighted by Crippen LogP contribution is 2.33. The molecule has 4 aromatic carbocycles. The molecule has 1 aliphatic heterocycles. The maximum absolute atomic E-state index is 13.7. The van der Waals surface area contributed by atoms with Crippen molar-refractivity contribution in [1.82, 2.24) is 0 Å². The molecule has 4 aromatic rings. The van der Waals surface area contributed by atoms with Gasteiger partial charge in [0.2, 0.25) is 0 Å². The maximum Gasteiger partial charge on any atom is 0.270 e. The number of nitrogens with zero attached hydrogens (tertiary/aromatic N) is 2. The molecule has 5 rings (SSSR count). The van der Waals surface area contributed by atoms with Gasteiger partial charge in [-0.3, -0.25) is 19.4 Å². The van der Waals surface area contributed by atoms with E-state index in [0.29, 0.717) is 35.0 Å². The van der Waals surface area contributed by atoms with Crippen molar-refractivity contribution < 1.29 is 19.1 Å². The molecule has 0 saturated carbocycles. The molecule has 1 saturated heterocycles. The van der Waals surface area contributed by atoms with Crippen molar-refractivity contribution in [3.8, 4) is 11.5 Å². The van der Waals surface area contributed by atoms with E-state index in [0.717, 1.165) is 11.1 Å². The second-order valence-corrected chi connectivity index (χ2v) is 9.35. The quantitative estimate of drug-likeness (QED) is 0.158. The van der Waals surface area contributed by atoms with Gasteiger partial charge >= 0.3 is 0 Å². The van der Waals surface area contributed by atoms with E-state index in [1.165, 1.54) is 9.80 Å². The van der Waals surface area contributed by atoms with Crippen LogP contribution in [0.3, 0.4) is 0 Å². The van der Waals surface area contributed by atoms with Gasteiger partial charge in [-0.25, -0.2) is 0 Å². The summed E-state index contributed by atoms with van der Waals surface area (Å²) in [7, 11) is 1.55. The van der Waals surface area contributed by atoms with E-state index in [4.69, 9.17) is 21.7 Å². The van der Waals surface area contributed by atoms with Crippen LogP contribution in [0, 0.1) is 6.92 Å². The normalized spacial score (nSPS) is 13.5. The molecule has 0 aromatic heterocycles. The lowest BCUT2D eigenvalue weighted by molar-refractivity contribution is -0.120. The zero-order valence-electron chi connectivity index (χ0n) is 21.5. The molecule has 1 heterocycles. The molecule has 0 bridgehead atoms. The minimum Gasteiger partial charge on any atom is -0.493 e. The average Bonchev–Trinajstić information content (AvgIpc) is 2.95. The number of hydrogen-bond donors (Lipinski definition) is 0. The van der Waals surface area contributed by atoms with Crippen LogP contribution >= 0.6 is 12.2 Å². The number of thiocarbonyl (C=S) groups is 1. The molecule has 0 atom stereocenters. The molecule has 0 spiro atoms. The van der Waals surface area contributed by atoms with Gasteiger partial charge in [0.1, 0.15) is 12.2 Å². The first-order valence-corrected chi connectivity index (χ1v) is 12.8. The lowest BCUT2D eigenvalue weighted by atomic mass is 10.0. The Bertz CT molecular complexity index is 1500. The van der Waals surface area contributed by atoms with Crippen molar-refractivity contribution in [1.29, 1.82) is 0 Å². The van der Waals surface area contributed by atoms with E-state index in [-0.39, 0.29) is 10.7 Å². The minimum atomic E-state index is -0.498. The van der Waals surface area contributed by atoms with Crippen LogP contribution in [0.4, 0.5) is 11.4 Å². The summed E-state index contributed by atoms with van der Waals surface area (Å²) in [6.07, 6.45) is 1.56. The van der Waals surface area contributed by atoms with E-state index in [9.17, 15) is 9.59 Å². The van der Waals surface area contributed by atoms with Crippen LogP contribution in [0.2, 0.25) is 0 Å². The number of benzene rings is 4. The van der Waals surface area contributed by atoms with Gasteiger partial charge in [0.15, 0.2) is 16.6 Å². The van der Waals surface area contributed by atoms with E-state index in [1.54, 1.807) is 55.7 Å². The fourth-order valence-corrected chi connectivity index (χ4v) is 4.74. The van der Waals surface area contributed by atoms with Crippen molar-refractivity contribution in [2.75, 3.05) is 16.9 Å². The molecule has 6 nitrogen and oxygen atoms in total. The summed E-state index contributed by atoms with van der Waals surface area (Å²) in [5.74, 6) is 0.0489. The van der Waals surface area contributed by atoms with Gasteiger partial charge in [-0.1, -0.05) is 72.3 Å². The minimum absolute atomic E-state index is 0.0215. The average molecular weight is 535 g/mol. The summed E-state index contributed by atoms with van der Waals surface area (Å²) in [4.78, 5) is 30.2. The molecule has 0 aliphatic carbocycles. The van der Waals surface area contributed by atoms with Crippen molar-refractivity contribution >= 4 is 46.6 Å². The molecule has 39 heavy (non-hydrogen) atoms. The fraction of sp³-hybridized carbons (Fsp3) is 0.0938. The molecule has 0 N–H and O–H groups in total. The first-order chi connectivity index (χ1) is 19.0. The highest BCUT2D eigenvalue weighted by atomic mass is 32.1. The van der Waals surface area contributed by atoms with Crippen molar-refractivity contribution in [2.24, 2.45) is 0 Å². The number of anilines is 2. The molecule has 0 radical (unpaired) electrons. The number of rotatable bonds is 7. The number of para-hydroxylation sites is 2. The number of carbonyl (C=O) groups excluding carboxylic acids is 2. The Morgan fingerprint density at radius 2 is 1.36 bits per heavy atom. The van der Waals surface area contributed by atoms with E-state index in [1.807, 2.05) is 61.5 Å². The summed E-state index contributed by atoms with van der Waals surface area (Å²) in [6, 6.07) is 31.5. The zero-order valence-corrected chi connectivity index (χ0v) is 22.4. The molecule has 1 aliphatic rings. The predicted octanol–water partition coefficient (Wildman–Crippen LogP) is 6.33. The van der Waals surface area contributed by atoms with Crippen LogP contribution in [0.5, 0.6) is 11.5 Å². The fourth-order valence-electron chi connectivity index (χ4n) is 4.36. The molecule has 7 heteroatoms. The Kier molecular flexibility index (Phi) is 7.52. The van der Waals surface area contributed by atoms with Crippen LogP contribution in [-0.2, 0) is 16.2 Å². The Balaban J connectivity index is 1.50. The number of hydrogen-bond acceptors (Lipinski definition) is 5. The summed E-state index contributed by atoms with van der Waals surface area (Å²) in [5.41, 5.74) is 3.93. The number of ether oxygens (including phenoxy) is 2.